The van der Waals surface area contributed by atoms with E-state index in [4.69, 9.17) is 9.72 Å². The van der Waals surface area contributed by atoms with E-state index in [0.29, 0.717) is 47.3 Å². The van der Waals surface area contributed by atoms with Crippen molar-refractivity contribution in [1.82, 2.24) is 24.5 Å². The van der Waals surface area contributed by atoms with Crippen LogP contribution in [0.1, 0.15) is 35.9 Å². The largest absolute Gasteiger partial charge is 0.497 e. The summed E-state index contributed by atoms with van der Waals surface area (Å²) in [6.07, 6.45) is 7.34. The average molecular weight is 567 g/mol. The molecule has 0 spiro atoms. The van der Waals surface area contributed by atoms with E-state index < -0.39 is 11.9 Å². The van der Waals surface area contributed by atoms with Crippen LogP contribution in [0, 0.1) is 5.82 Å². The molecule has 10 nitrogen and oxygen atoms in total. The number of aliphatic hydroxyl groups is 1. The minimum absolute atomic E-state index is 0.190. The van der Waals surface area contributed by atoms with Gasteiger partial charge in [-0.25, -0.2) is 14.4 Å². The van der Waals surface area contributed by atoms with E-state index in [1.165, 1.54) is 29.1 Å². The van der Waals surface area contributed by atoms with Crippen LogP contribution in [-0.2, 0) is 6.54 Å². The van der Waals surface area contributed by atoms with Gasteiger partial charge in [0.2, 0.25) is 5.82 Å². The molecule has 0 radical (unpaired) electrons. The summed E-state index contributed by atoms with van der Waals surface area (Å²) in [4.78, 5) is 33.5. The van der Waals surface area contributed by atoms with Gasteiger partial charge in [-0.15, -0.1) is 0 Å². The van der Waals surface area contributed by atoms with Crippen molar-refractivity contribution in [1.29, 1.82) is 0 Å². The Hall–Kier alpha value is -5.00. The number of halogens is 1. The Morgan fingerprint density at radius 1 is 1.14 bits per heavy atom. The third-order valence-electron chi connectivity index (χ3n) is 7.29. The molecule has 11 heteroatoms. The number of nitrogens with two attached hydrogens (primary N) is 1. The highest BCUT2D eigenvalue weighted by atomic mass is 19.1. The number of quaternary nitrogens is 1. The average Bonchev–Trinajstić information content (AvgIpc) is 3.02. The number of pyridine rings is 1. The fraction of sp³-hybridized carbons (Fsp3) is 0.194. The second kappa shape index (κ2) is 11.5. The Morgan fingerprint density at radius 2 is 1.98 bits per heavy atom. The molecule has 3 aromatic heterocycles. The molecule has 0 saturated carbocycles. The standard InChI is InChI=1S/C31H28FN7O3/c1-19(29-37-25-10-7-21(32)14-24(25)31(41)39(29)22-4-3-12-33-16-22)15-34-28-27-26(40)11-13-38(30(27)36-18-35-28)17-20-5-8-23(42-2)9-6-20/h3-14,16,18-19,26,40H,15,17H2,1-2H3,(H,34,35,36)/p+1. The molecule has 2 atom stereocenters. The number of hydrogen-bond donors (Lipinski definition) is 2. The molecule has 2 unspecified atom stereocenters. The fourth-order valence-corrected chi connectivity index (χ4v) is 5.12. The van der Waals surface area contributed by atoms with Crippen LogP contribution >= 0.6 is 0 Å². The molecule has 0 amide bonds. The van der Waals surface area contributed by atoms with Gasteiger partial charge >= 0.3 is 0 Å². The minimum Gasteiger partial charge on any atom is -0.497 e. The molecular weight excluding hydrogens is 537 g/mol. The highest BCUT2D eigenvalue weighted by Gasteiger charge is 2.28. The number of nitrogens with zero attached hydrogens (tertiary/aromatic N) is 6. The van der Waals surface area contributed by atoms with Crippen LogP contribution < -0.4 is 20.5 Å². The van der Waals surface area contributed by atoms with Gasteiger partial charge in [0.05, 0.1) is 42.4 Å². The molecule has 4 heterocycles. The summed E-state index contributed by atoms with van der Waals surface area (Å²) in [5, 5.41) is 13.0. The Kier molecular flexibility index (Phi) is 7.43. The number of ether oxygens (including phenoxy) is 1. The molecule has 0 aliphatic carbocycles. The predicted molar refractivity (Wildman–Crippen MR) is 155 cm³/mol. The lowest BCUT2D eigenvalue weighted by Gasteiger charge is -2.27. The summed E-state index contributed by atoms with van der Waals surface area (Å²) < 4.78 is 20.8. The van der Waals surface area contributed by atoms with Crippen molar-refractivity contribution in [2.45, 2.75) is 25.5 Å². The first-order chi connectivity index (χ1) is 20.4. The van der Waals surface area contributed by atoms with Gasteiger partial charge in [0.1, 0.15) is 41.2 Å². The maximum atomic E-state index is 14.0. The van der Waals surface area contributed by atoms with E-state index >= 15 is 0 Å². The number of rotatable bonds is 8. The van der Waals surface area contributed by atoms with Gasteiger partial charge in [0.15, 0.2) is 0 Å². The number of hydrogen-bond acceptors (Lipinski definition) is 8. The third kappa shape index (κ3) is 5.22. The van der Waals surface area contributed by atoms with Crippen molar-refractivity contribution in [3.05, 3.63) is 119 Å². The molecule has 42 heavy (non-hydrogen) atoms. The van der Waals surface area contributed by atoms with Gasteiger partial charge in [-0.3, -0.25) is 19.7 Å². The number of aromatic nitrogens is 5. The Labute approximate surface area is 240 Å². The van der Waals surface area contributed by atoms with E-state index in [1.54, 1.807) is 37.7 Å². The first-order valence-electron chi connectivity index (χ1n) is 13.5. The summed E-state index contributed by atoms with van der Waals surface area (Å²) in [5.41, 5.74) is 2.24. The van der Waals surface area contributed by atoms with Crippen LogP contribution in [0.25, 0.3) is 16.6 Å². The zero-order valence-corrected chi connectivity index (χ0v) is 23.1. The van der Waals surface area contributed by atoms with Crippen LogP contribution in [0.5, 0.6) is 5.75 Å². The van der Waals surface area contributed by atoms with Crippen molar-refractivity contribution in [3.8, 4) is 11.4 Å². The lowest BCUT2D eigenvalue weighted by atomic mass is 10.1. The van der Waals surface area contributed by atoms with Crippen LogP contribution in [0.4, 0.5) is 16.0 Å². The van der Waals surface area contributed by atoms with Crippen molar-refractivity contribution in [2.75, 3.05) is 18.6 Å². The molecule has 6 rings (SSSR count). The molecular formula is C31H29FN7O3+. The summed E-state index contributed by atoms with van der Waals surface area (Å²) in [7, 11) is 1.63. The third-order valence-corrected chi connectivity index (χ3v) is 7.29. The molecule has 0 saturated heterocycles. The smallest absolute Gasteiger partial charge is 0.266 e. The molecule has 1 aliphatic heterocycles. The zero-order valence-electron chi connectivity index (χ0n) is 23.1. The van der Waals surface area contributed by atoms with Gasteiger partial charge in [-0.1, -0.05) is 12.1 Å². The first-order valence-corrected chi connectivity index (χ1v) is 13.5. The van der Waals surface area contributed by atoms with Crippen molar-refractivity contribution in [3.63, 3.8) is 0 Å². The monoisotopic (exact) mass is 566 g/mol. The molecule has 2 aromatic carbocycles. The minimum atomic E-state index is -0.878. The van der Waals surface area contributed by atoms with Gasteiger partial charge < -0.3 is 14.7 Å². The second-order valence-corrected chi connectivity index (χ2v) is 10.1. The normalized spacial score (nSPS) is 15.0. The van der Waals surface area contributed by atoms with E-state index in [9.17, 15) is 14.3 Å². The number of aliphatic hydroxyl groups excluding tert-OH is 1. The van der Waals surface area contributed by atoms with Gasteiger partial charge in [0.25, 0.3) is 5.56 Å². The number of methoxy groups -OCH3 is 1. The van der Waals surface area contributed by atoms with Crippen LogP contribution in [0.2, 0.25) is 0 Å². The fourth-order valence-electron chi connectivity index (χ4n) is 5.12. The number of benzene rings is 2. The van der Waals surface area contributed by atoms with E-state index in [1.807, 2.05) is 47.6 Å². The van der Waals surface area contributed by atoms with Gasteiger partial charge in [-0.2, -0.15) is 4.98 Å². The Bertz CT molecular complexity index is 1830. The maximum absolute atomic E-state index is 14.0. The Morgan fingerprint density at radius 3 is 2.74 bits per heavy atom. The highest BCUT2D eigenvalue weighted by Crippen LogP contribution is 2.34. The van der Waals surface area contributed by atoms with Gasteiger partial charge in [-0.05, 0) is 61.0 Å². The Balaban J connectivity index is 1.31. The highest BCUT2D eigenvalue weighted by molar-refractivity contribution is 5.78. The maximum Gasteiger partial charge on any atom is 0.266 e. The van der Waals surface area contributed by atoms with Crippen LogP contribution in [0.3, 0.4) is 0 Å². The lowest BCUT2D eigenvalue weighted by Crippen LogP contribution is -2.80. The van der Waals surface area contributed by atoms with E-state index in [2.05, 4.69) is 15.0 Å². The molecule has 5 aromatic rings. The summed E-state index contributed by atoms with van der Waals surface area (Å²) in [6.45, 7) is 2.96. The van der Waals surface area contributed by atoms with E-state index in [-0.39, 0.29) is 16.9 Å². The van der Waals surface area contributed by atoms with Crippen LogP contribution in [-0.4, -0.2) is 43.3 Å². The SMILES string of the molecule is COc1ccc(CN2C=CC(O)c3c([NH2+]CC(C)c4nc5ccc(F)cc5c(=O)n4-c4cccnc4)ncnc32)cc1. The molecule has 212 valence electrons. The van der Waals surface area contributed by atoms with Crippen molar-refractivity contribution >= 4 is 22.5 Å². The van der Waals surface area contributed by atoms with E-state index in [0.717, 1.165) is 11.3 Å². The number of anilines is 1. The summed E-state index contributed by atoms with van der Waals surface area (Å²) in [6, 6.07) is 15.3. The van der Waals surface area contributed by atoms with Crippen molar-refractivity contribution in [2.24, 2.45) is 0 Å². The molecule has 1 aliphatic rings. The molecule has 0 bridgehead atoms. The zero-order chi connectivity index (χ0) is 29.2. The molecule has 0 fully saturated rings. The number of fused-ring (bicyclic) bond motifs is 2. The van der Waals surface area contributed by atoms with Crippen molar-refractivity contribution < 1.29 is 19.6 Å². The summed E-state index contributed by atoms with van der Waals surface area (Å²) in [5.74, 6) is 1.75. The second-order valence-electron chi connectivity index (χ2n) is 10.1. The molecule has 3 N–H and O–H groups in total. The van der Waals surface area contributed by atoms with Crippen LogP contribution in [0.15, 0.2) is 90.4 Å². The topological polar surface area (TPSA) is 123 Å². The first kappa shape index (κ1) is 27.2. The predicted octanol–water partition coefficient (Wildman–Crippen LogP) is 3.28. The summed E-state index contributed by atoms with van der Waals surface area (Å²) >= 11 is 0. The lowest BCUT2D eigenvalue weighted by molar-refractivity contribution is -0.578. The van der Waals surface area contributed by atoms with Gasteiger partial charge in [0, 0.05) is 18.9 Å². The quantitative estimate of drug-likeness (QED) is 0.294.